The number of rotatable bonds is 7. The molecular weight excluding hydrogens is 374 g/mol. The number of hydrogen-bond donors (Lipinski definition) is 1. The quantitative estimate of drug-likeness (QED) is 0.614. The summed E-state index contributed by atoms with van der Waals surface area (Å²) < 4.78 is 15.3. The molecule has 1 N–H and O–H groups in total. The predicted octanol–water partition coefficient (Wildman–Crippen LogP) is 2.84. The molecule has 0 aliphatic heterocycles. The number of benzene rings is 2. The van der Waals surface area contributed by atoms with Gasteiger partial charge >= 0.3 is 5.97 Å². The fraction of sp³-hybridized carbons (Fsp3) is 0.238. The molecule has 0 atom stereocenters. The van der Waals surface area contributed by atoms with Gasteiger partial charge in [-0.1, -0.05) is 11.2 Å². The molecule has 2 aromatic carbocycles. The maximum Gasteiger partial charge on any atom is 0.325 e. The van der Waals surface area contributed by atoms with Gasteiger partial charge in [0, 0.05) is 11.1 Å². The average molecular weight is 395 g/mol. The molecule has 3 aromatic rings. The van der Waals surface area contributed by atoms with Crippen LogP contribution in [0.5, 0.6) is 5.75 Å². The number of ether oxygens (including phenoxy) is 2. The highest BCUT2D eigenvalue weighted by molar-refractivity contribution is 5.96. The van der Waals surface area contributed by atoms with Gasteiger partial charge in [-0.25, -0.2) is 0 Å². The van der Waals surface area contributed by atoms with Gasteiger partial charge in [-0.05, 0) is 61.4 Å². The maximum atomic E-state index is 12.1. The highest BCUT2D eigenvalue weighted by Gasteiger charge is 2.13. The summed E-state index contributed by atoms with van der Waals surface area (Å²) in [4.78, 5) is 28.2. The molecule has 0 aliphatic carbocycles. The van der Waals surface area contributed by atoms with E-state index < -0.39 is 5.97 Å². The van der Waals surface area contributed by atoms with Crippen molar-refractivity contribution in [2.24, 2.45) is 0 Å². The molecule has 0 fully saturated rings. The SMILES string of the molecule is COc1ccc(-c2noc(COC(=O)CNC(=O)c3ccc(C)c(C)c3)n2)cc1. The van der Waals surface area contributed by atoms with Crippen LogP contribution in [0.15, 0.2) is 47.0 Å². The van der Waals surface area contributed by atoms with Gasteiger partial charge in [-0.2, -0.15) is 4.98 Å². The second kappa shape index (κ2) is 9.01. The molecule has 29 heavy (non-hydrogen) atoms. The molecular formula is C21H21N3O5. The zero-order valence-electron chi connectivity index (χ0n) is 16.4. The summed E-state index contributed by atoms with van der Waals surface area (Å²) in [5.41, 5.74) is 3.33. The molecule has 8 nitrogen and oxygen atoms in total. The Morgan fingerprint density at radius 3 is 2.52 bits per heavy atom. The third kappa shape index (κ3) is 5.19. The largest absolute Gasteiger partial charge is 0.497 e. The molecule has 1 heterocycles. The van der Waals surface area contributed by atoms with E-state index in [2.05, 4.69) is 15.5 Å². The zero-order valence-corrected chi connectivity index (χ0v) is 16.4. The van der Waals surface area contributed by atoms with E-state index in [0.717, 1.165) is 16.7 Å². The Morgan fingerprint density at radius 1 is 1.07 bits per heavy atom. The number of methoxy groups -OCH3 is 1. The van der Waals surface area contributed by atoms with Crippen molar-refractivity contribution in [2.45, 2.75) is 20.5 Å². The van der Waals surface area contributed by atoms with Gasteiger partial charge in [0.25, 0.3) is 11.8 Å². The number of carbonyl (C=O) groups is 2. The van der Waals surface area contributed by atoms with Crippen LogP contribution in [0.2, 0.25) is 0 Å². The van der Waals surface area contributed by atoms with Crippen molar-refractivity contribution in [3.63, 3.8) is 0 Å². The lowest BCUT2D eigenvalue weighted by Crippen LogP contribution is -2.30. The van der Waals surface area contributed by atoms with Crippen LogP contribution in [0.1, 0.15) is 27.4 Å². The molecule has 0 bridgehead atoms. The summed E-state index contributed by atoms with van der Waals surface area (Å²) >= 11 is 0. The first-order chi connectivity index (χ1) is 14.0. The Bertz CT molecular complexity index is 1010. The predicted molar refractivity (Wildman–Crippen MR) is 104 cm³/mol. The van der Waals surface area contributed by atoms with Crippen molar-refractivity contribution in [3.05, 3.63) is 65.0 Å². The Morgan fingerprint density at radius 2 is 1.83 bits per heavy atom. The summed E-state index contributed by atoms with van der Waals surface area (Å²) in [6.07, 6.45) is 0. The summed E-state index contributed by atoms with van der Waals surface area (Å²) in [5.74, 6) is 0.302. The summed E-state index contributed by atoms with van der Waals surface area (Å²) in [7, 11) is 1.58. The lowest BCUT2D eigenvalue weighted by atomic mass is 10.1. The Kier molecular flexibility index (Phi) is 6.23. The molecule has 0 spiro atoms. The Labute approximate surface area is 167 Å². The number of hydrogen-bond acceptors (Lipinski definition) is 7. The normalized spacial score (nSPS) is 10.4. The zero-order chi connectivity index (χ0) is 20.8. The lowest BCUT2D eigenvalue weighted by Gasteiger charge is -2.07. The Balaban J connectivity index is 1.48. The van der Waals surface area contributed by atoms with Crippen LogP contribution in [0.25, 0.3) is 11.4 Å². The molecule has 0 unspecified atom stereocenters. The van der Waals surface area contributed by atoms with Gasteiger partial charge in [0.2, 0.25) is 5.82 Å². The first-order valence-corrected chi connectivity index (χ1v) is 8.94. The van der Waals surface area contributed by atoms with Crippen molar-refractivity contribution in [1.29, 1.82) is 0 Å². The van der Waals surface area contributed by atoms with Gasteiger partial charge < -0.3 is 19.3 Å². The number of aryl methyl sites for hydroxylation is 2. The highest BCUT2D eigenvalue weighted by atomic mass is 16.6. The van der Waals surface area contributed by atoms with Crippen molar-refractivity contribution in [1.82, 2.24) is 15.5 Å². The highest BCUT2D eigenvalue weighted by Crippen LogP contribution is 2.19. The smallest absolute Gasteiger partial charge is 0.325 e. The number of aromatic nitrogens is 2. The van der Waals surface area contributed by atoms with Crippen molar-refractivity contribution in [3.8, 4) is 17.1 Å². The van der Waals surface area contributed by atoms with E-state index >= 15 is 0 Å². The van der Waals surface area contributed by atoms with Crippen LogP contribution in [0.4, 0.5) is 0 Å². The van der Waals surface area contributed by atoms with Crippen LogP contribution < -0.4 is 10.1 Å². The van der Waals surface area contributed by atoms with E-state index in [4.69, 9.17) is 14.0 Å². The first-order valence-electron chi connectivity index (χ1n) is 8.94. The van der Waals surface area contributed by atoms with E-state index in [9.17, 15) is 9.59 Å². The molecule has 0 saturated heterocycles. The molecule has 1 amide bonds. The van der Waals surface area contributed by atoms with Crippen LogP contribution in [-0.2, 0) is 16.1 Å². The fourth-order valence-corrected chi connectivity index (χ4v) is 2.50. The van der Waals surface area contributed by atoms with Crippen molar-refractivity contribution in [2.75, 3.05) is 13.7 Å². The molecule has 0 aliphatic rings. The standard InChI is InChI=1S/C21H21N3O5/c1-13-4-5-16(10-14(13)2)21(26)22-11-19(25)28-12-18-23-20(24-29-18)15-6-8-17(27-3)9-7-15/h4-10H,11-12H2,1-3H3,(H,22,26). The van der Waals surface area contributed by atoms with Crippen molar-refractivity contribution >= 4 is 11.9 Å². The maximum absolute atomic E-state index is 12.1. The van der Waals surface area contributed by atoms with Crippen LogP contribution in [0, 0.1) is 13.8 Å². The lowest BCUT2D eigenvalue weighted by molar-refractivity contribution is -0.144. The van der Waals surface area contributed by atoms with Gasteiger partial charge in [0.15, 0.2) is 6.61 Å². The van der Waals surface area contributed by atoms with E-state index in [1.165, 1.54) is 0 Å². The average Bonchev–Trinajstić information content (AvgIpc) is 3.21. The Hall–Kier alpha value is -3.68. The molecule has 3 rings (SSSR count). The van der Waals surface area contributed by atoms with Crippen LogP contribution in [0.3, 0.4) is 0 Å². The summed E-state index contributed by atoms with van der Waals surface area (Å²) in [5, 5.41) is 6.39. The minimum atomic E-state index is -0.605. The van der Waals surface area contributed by atoms with Crippen LogP contribution in [-0.4, -0.2) is 35.7 Å². The van der Waals surface area contributed by atoms with Gasteiger partial charge in [0.1, 0.15) is 12.3 Å². The summed E-state index contributed by atoms with van der Waals surface area (Å²) in [6.45, 7) is 3.45. The van der Waals surface area contributed by atoms with Gasteiger partial charge in [0.05, 0.1) is 7.11 Å². The number of esters is 1. The number of carbonyl (C=O) groups excluding carboxylic acids is 2. The molecule has 0 saturated carbocycles. The van der Waals surface area contributed by atoms with Gasteiger partial charge in [-0.3, -0.25) is 9.59 Å². The third-order valence-electron chi connectivity index (χ3n) is 4.34. The fourth-order valence-electron chi connectivity index (χ4n) is 2.50. The molecule has 0 radical (unpaired) electrons. The summed E-state index contributed by atoms with van der Waals surface area (Å²) in [6, 6.07) is 12.5. The minimum absolute atomic E-state index is 0.157. The van der Waals surface area contributed by atoms with Gasteiger partial charge in [-0.15, -0.1) is 0 Å². The topological polar surface area (TPSA) is 104 Å². The number of nitrogens with one attached hydrogen (secondary N) is 1. The van der Waals surface area contributed by atoms with E-state index in [0.29, 0.717) is 17.1 Å². The number of nitrogens with zero attached hydrogens (tertiary/aromatic N) is 2. The second-order valence-corrected chi connectivity index (χ2v) is 6.38. The minimum Gasteiger partial charge on any atom is -0.497 e. The van der Waals surface area contributed by atoms with Crippen LogP contribution >= 0.6 is 0 Å². The molecule has 150 valence electrons. The van der Waals surface area contributed by atoms with Crippen molar-refractivity contribution < 1.29 is 23.6 Å². The van der Waals surface area contributed by atoms with E-state index in [1.807, 2.05) is 19.9 Å². The third-order valence-corrected chi connectivity index (χ3v) is 4.34. The second-order valence-electron chi connectivity index (χ2n) is 6.38. The van der Waals surface area contributed by atoms with E-state index in [-0.39, 0.29) is 24.9 Å². The first kappa shape index (κ1) is 20.1. The molecule has 8 heteroatoms. The molecule has 1 aromatic heterocycles. The van der Waals surface area contributed by atoms with E-state index in [1.54, 1.807) is 43.5 Å². The number of amides is 1. The monoisotopic (exact) mass is 395 g/mol.